The number of ether oxygens (including phenoxy) is 1. The molecule has 0 radical (unpaired) electrons. The molecule has 0 aliphatic heterocycles. The van der Waals surface area contributed by atoms with Gasteiger partial charge in [0.1, 0.15) is 11.6 Å². The first-order valence-corrected chi connectivity index (χ1v) is 6.77. The highest BCUT2D eigenvalue weighted by Crippen LogP contribution is 2.28. The van der Waals surface area contributed by atoms with E-state index in [9.17, 15) is 0 Å². The Morgan fingerprint density at radius 2 is 2.21 bits per heavy atom. The summed E-state index contributed by atoms with van der Waals surface area (Å²) in [7, 11) is 1.69. The van der Waals surface area contributed by atoms with Crippen molar-refractivity contribution in [3.05, 3.63) is 36.3 Å². The summed E-state index contributed by atoms with van der Waals surface area (Å²) >= 11 is 0. The minimum Gasteiger partial charge on any atom is -0.496 e. The maximum atomic E-state index is 5.37. The lowest BCUT2D eigenvalue weighted by Gasteiger charge is -2.05. The molecular weight excluding hydrogens is 238 g/mol. The minimum absolute atomic E-state index is 0.753. The first-order chi connectivity index (χ1) is 9.36. The van der Waals surface area contributed by atoms with E-state index in [1.807, 2.05) is 30.5 Å². The number of nitrogens with one attached hydrogen (secondary N) is 2. The summed E-state index contributed by atoms with van der Waals surface area (Å²) in [6.07, 6.45) is 5.46. The van der Waals surface area contributed by atoms with Gasteiger partial charge >= 0.3 is 0 Å². The lowest BCUT2D eigenvalue weighted by atomic mass is 10.1. The Labute approximate surface area is 113 Å². The Hall–Kier alpha value is -1.81. The van der Waals surface area contributed by atoms with E-state index in [2.05, 4.69) is 15.3 Å². The summed E-state index contributed by atoms with van der Waals surface area (Å²) in [5.74, 6) is 1.89. The van der Waals surface area contributed by atoms with Crippen LogP contribution in [-0.4, -0.2) is 29.7 Å². The number of methoxy groups -OCH3 is 1. The third-order valence-electron chi connectivity index (χ3n) is 3.40. The van der Waals surface area contributed by atoms with Gasteiger partial charge in [-0.15, -0.1) is 0 Å². The van der Waals surface area contributed by atoms with Crippen LogP contribution >= 0.6 is 0 Å². The highest BCUT2D eigenvalue weighted by molar-refractivity contribution is 5.66. The molecule has 0 amide bonds. The molecule has 0 bridgehead atoms. The molecule has 2 aromatic rings. The van der Waals surface area contributed by atoms with Crippen molar-refractivity contribution in [3.63, 3.8) is 0 Å². The largest absolute Gasteiger partial charge is 0.496 e. The summed E-state index contributed by atoms with van der Waals surface area (Å²) in [6, 6.07) is 8.73. The van der Waals surface area contributed by atoms with Crippen molar-refractivity contribution in [2.75, 3.05) is 13.7 Å². The summed E-state index contributed by atoms with van der Waals surface area (Å²) in [5, 5.41) is 3.49. The first-order valence-electron chi connectivity index (χ1n) is 6.77. The Balaban J connectivity index is 1.68. The molecule has 1 heterocycles. The standard InChI is InChI=1S/C15H19N3O/c1-19-14-5-3-2-4-12(14)13-10-17-15(18-13)8-9-16-11-6-7-11/h2-5,10-11,16H,6-9H2,1H3,(H,17,18). The number of H-pyrrole nitrogens is 1. The number of imidazole rings is 1. The molecule has 0 spiro atoms. The van der Waals surface area contributed by atoms with Gasteiger partial charge < -0.3 is 15.0 Å². The number of aromatic nitrogens is 2. The van der Waals surface area contributed by atoms with Gasteiger partial charge in [-0.2, -0.15) is 0 Å². The van der Waals surface area contributed by atoms with E-state index in [4.69, 9.17) is 4.74 Å². The number of rotatable bonds is 6. The van der Waals surface area contributed by atoms with Gasteiger partial charge in [-0.05, 0) is 25.0 Å². The van der Waals surface area contributed by atoms with Gasteiger partial charge in [-0.3, -0.25) is 0 Å². The highest BCUT2D eigenvalue weighted by atomic mass is 16.5. The second-order valence-corrected chi connectivity index (χ2v) is 4.92. The SMILES string of the molecule is COc1ccccc1-c1cnc(CCNC2CC2)[nH]1. The van der Waals surface area contributed by atoms with Gasteiger partial charge in [-0.25, -0.2) is 4.98 Å². The van der Waals surface area contributed by atoms with Crippen LogP contribution in [0, 0.1) is 0 Å². The molecule has 4 nitrogen and oxygen atoms in total. The smallest absolute Gasteiger partial charge is 0.128 e. The summed E-state index contributed by atoms with van der Waals surface area (Å²) in [4.78, 5) is 7.80. The Morgan fingerprint density at radius 3 is 3.00 bits per heavy atom. The van der Waals surface area contributed by atoms with Gasteiger partial charge in [0.15, 0.2) is 0 Å². The molecule has 1 saturated carbocycles. The molecule has 1 aromatic carbocycles. The van der Waals surface area contributed by atoms with Crippen molar-refractivity contribution in [2.24, 2.45) is 0 Å². The summed E-state index contributed by atoms with van der Waals surface area (Å²) in [6.45, 7) is 0.990. The Kier molecular flexibility index (Phi) is 3.51. The van der Waals surface area contributed by atoms with Crippen LogP contribution in [0.4, 0.5) is 0 Å². The van der Waals surface area contributed by atoms with Crippen LogP contribution in [-0.2, 0) is 6.42 Å². The normalized spacial score (nSPS) is 14.6. The van der Waals surface area contributed by atoms with E-state index in [0.717, 1.165) is 41.8 Å². The number of hydrogen-bond donors (Lipinski definition) is 2. The van der Waals surface area contributed by atoms with Crippen LogP contribution in [0.1, 0.15) is 18.7 Å². The lowest BCUT2D eigenvalue weighted by Crippen LogP contribution is -2.19. The van der Waals surface area contributed by atoms with E-state index < -0.39 is 0 Å². The molecule has 1 aliphatic rings. The topological polar surface area (TPSA) is 49.9 Å². The predicted molar refractivity (Wildman–Crippen MR) is 75.3 cm³/mol. The number of para-hydroxylation sites is 1. The van der Waals surface area contributed by atoms with Gasteiger partial charge in [0, 0.05) is 24.6 Å². The number of hydrogen-bond acceptors (Lipinski definition) is 3. The fourth-order valence-electron chi connectivity index (χ4n) is 2.18. The predicted octanol–water partition coefficient (Wildman–Crippen LogP) is 2.38. The lowest BCUT2D eigenvalue weighted by molar-refractivity contribution is 0.416. The molecule has 0 unspecified atom stereocenters. The monoisotopic (exact) mass is 257 g/mol. The zero-order valence-corrected chi connectivity index (χ0v) is 11.1. The van der Waals surface area contributed by atoms with Gasteiger partial charge in [0.05, 0.1) is 19.0 Å². The molecule has 1 aliphatic carbocycles. The second kappa shape index (κ2) is 5.45. The maximum absolute atomic E-state index is 5.37. The molecule has 0 atom stereocenters. The third kappa shape index (κ3) is 2.96. The molecule has 3 rings (SSSR count). The fourth-order valence-corrected chi connectivity index (χ4v) is 2.18. The van der Waals surface area contributed by atoms with E-state index in [-0.39, 0.29) is 0 Å². The molecule has 1 fully saturated rings. The van der Waals surface area contributed by atoms with E-state index >= 15 is 0 Å². The quantitative estimate of drug-likeness (QED) is 0.835. The van der Waals surface area contributed by atoms with Crippen LogP contribution < -0.4 is 10.1 Å². The average Bonchev–Trinajstić information content (AvgIpc) is 3.15. The Morgan fingerprint density at radius 1 is 1.37 bits per heavy atom. The summed E-state index contributed by atoms with van der Waals surface area (Å²) in [5.41, 5.74) is 2.07. The Bertz CT molecular complexity index is 546. The number of nitrogens with zero attached hydrogens (tertiary/aromatic N) is 1. The van der Waals surface area contributed by atoms with Gasteiger partial charge in [-0.1, -0.05) is 12.1 Å². The van der Waals surface area contributed by atoms with Crippen molar-refractivity contribution in [1.82, 2.24) is 15.3 Å². The fraction of sp³-hybridized carbons (Fsp3) is 0.400. The molecule has 19 heavy (non-hydrogen) atoms. The molecular formula is C15H19N3O. The summed E-state index contributed by atoms with van der Waals surface area (Å²) < 4.78 is 5.37. The molecule has 100 valence electrons. The van der Waals surface area contributed by atoms with Crippen molar-refractivity contribution < 1.29 is 4.74 Å². The first kappa shape index (κ1) is 12.2. The molecule has 4 heteroatoms. The van der Waals surface area contributed by atoms with Gasteiger partial charge in [0.2, 0.25) is 0 Å². The van der Waals surface area contributed by atoms with Crippen molar-refractivity contribution >= 4 is 0 Å². The molecule has 2 N–H and O–H groups in total. The average molecular weight is 257 g/mol. The van der Waals surface area contributed by atoms with Crippen LogP contribution in [0.25, 0.3) is 11.3 Å². The van der Waals surface area contributed by atoms with Crippen molar-refractivity contribution in [2.45, 2.75) is 25.3 Å². The van der Waals surface area contributed by atoms with Crippen molar-refractivity contribution in [1.29, 1.82) is 0 Å². The van der Waals surface area contributed by atoms with Crippen LogP contribution in [0.3, 0.4) is 0 Å². The van der Waals surface area contributed by atoms with E-state index in [1.54, 1.807) is 7.11 Å². The second-order valence-electron chi connectivity index (χ2n) is 4.92. The molecule has 1 aromatic heterocycles. The van der Waals surface area contributed by atoms with E-state index in [1.165, 1.54) is 12.8 Å². The maximum Gasteiger partial charge on any atom is 0.128 e. The van der Waals surface area contributed by atoms with Crippen molar-refractivity contribution in [3.8, 4) is 17.0 Å². The minimum atomic E-state index is 0.753. The van der Waals surface area contributed by atoms with Crippen LogP contribution in [0.5, 0.6) is 5.75 Å². The van der Waals surface area contributed by atoms with E-state index in [0.29, 0.717) is 0 Å². The highest BCUT2D eigenvalue weighted by Gasteiger charge is 2.19. The third-order valence-corrected chi connectivity index (χ3v) is 3.40. The van der Waals surface area contributed by atoms with Crippen LogP contribution in [0.15, 0.2) is 30.5 Å². The van der Waals surface area contributed by atoms with Gasteiger partial charge in [0.25, 0.3) is 0 Å². The zero-order chi connectivity index (χ0) is 13.1. The molecule has 0 saturated heterocycles. The zero-order valence-electron chi connectivity index (χ0n) is 11.1. The van der Waals surface area contributed by atoms with Crippen LogP contribution in [0.2, 0.25) is 0 Å². The number of benzene rings is 1. The number of aromatic amines is 1.